The molecule has 2 aromatic carbocycles. The molecule has 0 spiro atoms. The summed E-state index contributed by atoms with van der Waals surface area (Å²) in [7, 11) is -0.731. The van der Waals surface area contributed by atoms with E-state index in [9.17, 15) is 13.2 Å². The van der Waals surface area contributed by atoms with Crippen LogP contribution >= 0.6 is 0 Å². The monoisotopic (exact) mass is 378 g/mol. The van der Waals surface area contributed by atoms with Crippen molar-refractivity contribution in [1.29, 1.82) is 0 Å². The van der Waals surface area contributed by atoms with E-state index in [0.29, 0.717) is 5.75 Å². The van der Waals surface area contributed by atoms with Gasteiger partial charge in [-0.25, -0.2) is 8.42 Å². The molecule has 1 atom stereocenters. The molecule has 2 rings (SSSR count). The van der Waals surface area contributed by atoms with Crippen LogP contribution in [-0.4, -0.2) is 34.6 Å². The van der Waals surface area contributed by atoms with E-state index in [0.717, 1.165) is 11.3 Å². The highest BCUT2D eigenvalue weighted by Gasteiger charge is 2.21. The largest absolute Gasteiger partial charge is 0.497 e. The Morgan fingerprint density at radius 1 is 0.962 bits per heavy atom. The zero-order chi connectivity index (χ0) is 19.2. The summed E-state index contributed by atoms with van der Waals surface area (Å²) < 4.78 is 37.1. The molecule has 0 aliphatic heterocycles. The van der Waals surface area contributed by atoms with Crippen LogP contribution < -0.4 is 19.5 Å². The Balaban J connectivity index is 1.94. The molecule has 2 aromatic rings. The average molecular weight is 378 g/mol. The zero-order valence-electron chi connectivity index (χ0n) is 14.9. The fourth-order valence-electron chi connectivity index (χ4n) is 2.19. The van der Waals surface area contributed by atoms with E-state index < -0.39 is 22.0 Å². The molecule has 0 bridgehead atoms. The molecule has 0 aliphatic rings. The Kier molecular flexibility index (Phi) is 6.59. The molecule has 0 saturated heterocycles. The molecule has 26 heavy (non-hydrogen) atoms. The van der Waals surface area contributed by atoms with Gasteiger partial charge in [0.15, 0.2) is 0 Å². The van der Waals surface area contributed by atoms with E-state index in [4.69, 9.17) is 9.47 Å². The first-order valence-corrected chi connectivity index (χ1v) is 9.41. The minimum atomic E-state index is -3.80. The molecule has 0 fully saturated rings. The van der Waals surface area contributed by atoms with Gasteiger partial charge in [0.1, 0.15) is 11.5 Å². The van der Waals surface area contributed by atoms with E-state index >= 15 is 0 Å². The summed E-state index contributed by atoms with van der Waals surface area (Å²) in [6.07, 6.45) is 0. The third-order valence-corrected chi connectivity index (χ3v) is 5.28. The standard InChI is InChI=1S/C18H22N2O5S/c1-13(18(21)19-12-14-4-6-15(24-2)7-5-14)20-26(22,23)17-10-8-16(25-3)9-11-17/h4-11,13,20H,12H2,1-3H3,(H,19,21)/t13-/m1/s1. The Hall–Kier alpha value is -2.58. The molecule has 0 unspecified atom stereocenters. The van der Waals surface area contributed by atoms with Gasteiger partial charge in [-0.1, -0.05) is 12.1 Å². The SMILES string of the molecule is COc1ccc(CNC(=O)[C@@H](C)NS(=O)(=O)c2ccc(OC)cc2)cc1. The van der Waals surface area contributed by atoms with Gasteiger partial charge in [0, 0.05) is 6.54 Å². The third-order valence-electron chi connectivity index (χ3n) is 3.72. The van der Waals surface area contributed by atoms with E-state index in [1.54, 1.807) is 31.4 Å². The van der Waals surface area contributed by atoms with Crippen molar-refractivity contribution in [1.82, 2.24) is 10.0 Å². The number of nitrogens with one attached hydrogen (secondary N) is 2. The maximum Gasteiger partial charge on any atom is 0.241 e. The van der Waals surface area contributed by atoms with Crippen molar-refractivity contribution in [3.05, 3.63) is 54.1 Å². The van der Waals surface area contributed by atoms with Crippen LogP contribution in [0.15, 0.2) is 53.4 Å². The van der Waals surface area contributed by atoms with Crippen molar-refractivity contribution in [3.63, 3.8) is 0 Å². The number of benzene rings is 2. The molecule has 0 aliphatic carbocycles. The summed E-state index contributed by atoms with van der Waals surface area (Å²) in [6.45, 7) is 1.78. The van der Waals surface area contributed by atoms with Crippen LogP contribution in [-0.2, 0) is 21.4 Å². The predicted molar refractivity (Wildman–Crippen MR) is 97.6 cm³/mol. The van der Waals surface area contributed by atoms with Crippen LogP contribution in [0.3, 0.4) is 0 Å². The van der Waals surface area contributed by atoms with Crippen LogP contribution in [0.5, 0.6) is 11.5 Å². The first-order chi connectivity index (χ1) is 12.4. The maximum atomic E-state index is 12.3. The lowest BCUT2D eigenvalue weighted by molar-refractivity contribution is -0.122. The number of sulfonamides is 1. The fraction of sp³-hybridized carbons (Fsp3) is 0.278. The van der Waals surface area contributed by atoms with Crippen LogP contribution in [0, 0.1) is 0 Å². The highest BCUT2D eigenvalue weighted by atomic mass is 32.2. The fourth-order valence-corrected chi connectivity index (χ4v) is 3.40. The number of amides is 1. The zero-order valence-corrected chi connectivity index (χ0v) is 15.7. The molecule has 1 amide bonds. The van der Waals surface area contributed by atoms with Gasteiger partial charge in [0.2, 0.25) is 15.9 Å². The highest BCUT2D eigenvalue weighted by molar-refractivity contribution is 7.89. The molecule has 140 valence electrons. The van der Waals surface area contributed by atoms with Crippen molar-refractivity contribution < 1.29 is 22.7 Å². The molecular formula is C18H22N2O5S. The first kappa shape index (κ1) is 19.7. The number of carbonyl (C=O) groups is 1. The van der Waals surface area contributed by atoms with Gasteiger partial charge in [0.05, 0.1) is 25.2 Å². The molecular weight excluding hydrogens is 356 g/mol. The molecule has 0 aromatic heterocycles. The number of carbonyl (C=O) groups excluding carboxylic acids is 1. The lowest BCUT2D eigenvalue weighted by Crippen LogP contribution is -2.44. The van der Waals surface area contributed by atoms with Gasteiger partial charge in [0.25, 0.3) is 0 Å². The van der Waals surface area contributed by atoms with Gasteiger partial charge in [-0.3, -0.25) is 4.79 Å². The third kappa shape index (κ3) is 5.21. The first-order valence-electron chi connectivity index (χ1n) is 7.92. The smallest absolute Gasteiger partial charge is 0.241 e. The molecule has 0 saturated carbocycles. The summed E-state index contributed by atoms with van der Waals surface area (Å²) in [5.41, 5.74) is 0.879. The van der Waals surface area contributed by atoms with Gasteiger partial charge >= 0.3 is 0 Å². The molecule has 0 heterocycles. The lowest BCUT2D eigenvalue weighted by atomic mass is 10.2. The quantitative estimate of drug-likeness (QED) is 0.729. The van der Waals surface area contributed by atoms with Gasteiger partial charge in [-0.05, 0) is 48.9 Å². The molecule has 2 N–H and O–H groups in total. The number of hydrogen-bond acceptors (Lipinski definition) is 5. The number of rotatable bonds is 8. The predicted octanol–water partition coefficient (Wildman–Crippen LogP) is 1.69. The van der Waals surface area contributed by atoms with Crippen molar-refractivity contribution in [2.24, 2.45) is 0 Å². The summed E-state index contributed by atoms with van der Waals surface area (Å²) in [5, 5.41) is 2.70. The second-order valence-electron chi connectivity index (χ2n) is 5.58. The van der Waals surface area contributed by atoms with Crippen LogP contribution in [0.4, 0.5) is 0 Å². The molecule has 0 radical (unpaired) electrons. The van der Waals surface area contributed by atoms with E-state index in [-0.39, 0.29) is 11.4 Å². The second-order valence-corrected chi connectivity index (χ2v) is 7.30. The van der Waals surface area contributed by atoms with Crippen LogP contribution in [0.1, 0.15) is 12.5 Å². The number of methoxy groups -OCH3 is 2. The Bertz CT molecular complexity index is 833. The Morgan fingerprint density at radius 3 is 1.96 bits per heavy atom. The highest BCUT2D eigenvalue weighted by Crippen LogP contribution is 2.15. The van der Waals surface area contributed by atoms with Crippen molar-refractivity contribution in [2.45, 2.75) is 24.4 Å². The number of hydrogen-bond donors (Lipinski definition) is 2. The summed E-state index contributed by atoms with van der Waals surface area (Å²) in [6, 6.07) is 12.2. The van der Waals surface area contributed by atoms with Crippen molar-refractivity contribution >= 4 is 15.9 Å². The Morgan fingerprint density at radius 2 is 1.46 bits per heavy atom. The maximum absolute atomic E-state index is 12.3. The van der Waals surface area contributed by atoms with Crippen LogP contribution in [0.25, 0.3) is 0 Å². The van der Waals surface area contributed by atoms with Gasteiger partial charge < -0.3 is 14.8 Å². The molecule has 7 nitrogen and oxygen atoms in total. The average Bonchev–Trinajstić information content (AvgIpc) is 2.66. The summed E-state index contributed by atoms with van der Waals surface area (Å²) in [4.78, 5) is 12.2. The van der Waals surface area contributed by atoms with Crippen LogP contribution in [0.2, 0.25) is 0 Å². The number of ether oxygens (including phenoxy) is 2. The molecule has 8 heteroatoms. The lowest BCUT2D eigenvalue weighted by Gasteiger charge is -2.15. The van der Waals surface area contributed by atoms with E-state index in [1.165, 1.54) is 26.2 Å². The van der Waals surface area contributed by atoms with Gasteiger partial charge in [-0.2, -0.15) is 4.72 Å². The van der Waals surface area contributed by atoms with Crippen molar-refractivity contribution in [3.8, 4) is 11.5 Å². The Labute approximate surface area is 153 Å². The van der Waals surface area contributed by atoms with E-state index in [1.807, 2.05) is 12.1 Å². The summed E-state index contributed by atoms with van der Waals surface area (Å²) >= 11 is 0. The topological polar surface area (TPSA) is 93.7 Å². The van der Waals surface area contributed by atoms with Gasteiger partial charge in [-0.15, -0.1) is 0 Å². The minimum Gasteiger partial charge on any atom is -0.497 e. The van der Waals surface area contributed by atoms with Crippen molar-refractivity contribution in [2.75, 3.05) is 14.2 Å². The second kappa shape index (κ2) is 8.68. The summed E-state index contributed by atoms with van der Waals surface area (Å²) in [5.74, 6) is 0.854. The van der Waals surface area contributed by atoms with E-state index in [2.05, 4.69) is 10.0 Å². The minimum absolute atomic E-state index is 0.0631. The normalized spacial score (nSPS) is 12.3.